The third-order valence-electron chi connectivity index (χ3n) is 5.61. The Balaban J connectivity index is 1.45. The van der Waals surface area contributed by atoms with Crippen LogP contribution in [0.2, 0.25) is 0 Å². The molecule has 1 aliphatic rings. The van der Waals surface area contributed by atoms with E-state index in [1.165, 1.54) is 16.6 Å². The standard InChI is InChI=1S/C23H22N4O3S2/c1-26-15-16(32(29,30)27-12-6-7-13-27)14-20(26)22(28)24-18-9-3-2-8-17(18)23-25-19-10-4-5-11-21(19)31-23/h2-5,8-11,14-15H,6-7,12-13H2,1H3,(H,24,28). The van der Waals surface area contributed by atoms with Crippen molar-refractivity contribution in [3.05, 3.63) is 66.5 Å². The number of benzene rings is 2. The molecule has 9 heteroatoms. The molecule has 1 saturated heterocycles. The summed E-state index contributed by atoms with van der Waals surface area (Å²) in [6.45, 7) is 1.04. The van der Waals surface area contributed by atoms with Crippen molar-refractivity contribution < 1.29 is 13.2 Å². The average Bonchev–Trinajstić information content (AvgIpc) is 3.53. The van der Waals surface area contributed by atoms with E-state index < -0.39 is 10.0 Å². The summed E-state index contributed by atoms with van der Waals surface area (Å²) in [5.74, 6) is -0.371. The molecule has 0 unspecified atom stereocenters. The summed E-state index contributed by atoms with van der Waals surface area (Å²) in [6, 6.07) is 16.8. The van der Waals surface area contributed by atoms with Gasteiger partial charge in [-0.15, -0.1) is 11.3 Å². The number of aryl methyl sites for hydroxylation is 1. The number of aromatic nitrogens is 2. The highest BCUT2D eigenvalue weighted by molar-refractivity contribution is 7.89. The molecule has 0 radical (unpaired) electrons. The van der Waals surface area contributed by atoms with Gasteiger partial charge in [-0.25, -0.2) is 13.4 Å². The molecule has 2 aromatic carbocycles. The van der Waals surface area contributed by atoms with Crippen LogP contribution in [0.25, 0.3) is 20.8 Å². The van der Waals surface area contributed by atoms with Gasteiger partial charge in [-0.2, -0.15) is 4.31 Å². The van der Waals surface area contributed by atoms with Crippen LogP contribution >= 0.6 is 11.3 Å². The summed E-state index contributed by atoms with van der Waals surface area (Å²) < 4.78 is 29.9. The number of anilines is 1. The molecule has 1 fully saturated rings. The normalized spacial score (nSPS) is 14.8. The van der Waals surface area contributed by atoms with Gasteiger partial charge in [-0.1, -0.05) is 24.3 Å². The number of fused-ring (bicyclic) bond motifs is 1. The number of hydrogen-bond acceptors (Lipinski definition) is 5. The summed E-state index contributed by atoms with van der Waals surface area (Å²) in [5, 5.41) is 3.75. The van der Waals surface area contributed by atoms with E-state index in [4.69, 9.17) is 4.98 Å². The highest BCUT2D eigenvalue weighted by atomic mass is 32.2. The highest BCUT2D eigenvalue weighted by Crippen LogP contribution is 2.34. The SMILES string of the molecule is Cn1cc(S(=O)(=O)N2CCCC2)cc1C(=O)Nc1ccccc1-c1nc2ccccc2s1. The summed E-state index contributed by atoms with van der Waals surface area (Å²) in [6.07, 6.45) is 3.23. The van der Waals surface area contributed by atoms with Crippen molar-refractivity contribution >= 4 is 43.2 Å². The number of para-hydroxylation sites is 2. The second kappa shape index (κ2) is 8.16. The molecular formula is C23H22N4O3S2. The quantitative estimate of drug-likeness (QED) is 0.474. The molecule has 5 rings (SSSR count). The molecule has 3 heterocycles. The van der Waals surface area contributed by atoms with Gasteiger partial charge in [-0.05, 0) is 43.2 Å². The number of rotatable bonds is 5. The largest absolute Gasteiger partial charge is 0.345 e. The molecule has 0 aliphatic carbocycles. The zero-order chi connectivity index (χ0) is 22.3. The van der Waals surface area contributed by atoms with Crippen molar-refractivity contribution in [2.24, 2.45) is 7.05 Å². The second-order valence-corrected chi connectivity index (χ2v) is 10.7. The van der Waals surface area contributed by atoms with E-state index in [-0.39, 0.29) is 16.5 Å². The Morgan fingerprint density at radius 3 is 2.56 bits per heavy atom. The lowest BCUT2D eigenvalue weighted by atomic mass is 10.2. The van der Waals surface area contributed by atoms with Gasteiger partial charge in [0, 0.05) is 31.9 Å². The number of nitrogens with zero attached hydrogens (tertiary/aromatic N) is 3. The van der Waals surface area contributed by atoms with Crippen molar-refractivity contribution in [2.45, 2.75) is 17.7 Å². The average molecular weight is 467 g/mol. The first kappa shape index (κ1) is 20.9. The Kier molecular flexibility index (Phi) is 5.32. The Hall–Kier alpha value is -3.01. The van der Waals surface area contributed by atoms with Crippen LogP contribution in [0.15, 0.2) is 65.7 Å². The molecule has 0 bridgehead atoms. The van der Waals surface area contributed by atoms with Crippen LogP contribution in [0.3, 0.4) is 0 Å². The molecule has 0 saturated carbocycles. The number of thiazole rings is 1. The number of hydrogen-bond donors (Lipinski definition) is 1. The van der Waals surface area contributed by atoms with Crippen LogP contribution < -0.4 is 5.32 Å². The summed E-state index contributed by atoms with van der Waals surface area (Å²) in [5.41, 5.74) is 2.64. The molecule has 164 valence electrons. The Labute approximate surface area is 190 Å². The zero-order valence-corrected chi connectivity index (χ0v) is 19.1. The molecule has 7 nitrogen and oxygen atoms in total. The van der Waals surface area contributed by atoms with E-state index in [0.29, 0.717) is 18.8 Å². The monoisotopic (exact) mass is 466 g/mol. The first-order valence-corrected chi connectivity index (χ1v) is 12.6. The fourth-order valence-corrected chi connectivity index (χ4v) is 6.52. The van der Waals surface area contributed by atoms with Gasteiger partial charge in [0.1, 0.15) is 15.6 Å². The smallest absolute Gasteiger partial charge is 0.272 e. The predicted octanol–water partition coefficient (Wildman–Crippen LogP) is 4.34. The first-order chi connectivity index (χ1) is 15.4. The Morgan fingerprint density at radius 1 is 1.06 bits per heavy atom. The van der Waals surface area contributed by atoms with Gasteiger partial charge >= 0.3 is 0 Å². The number of nitrogens with one attached hydrogen (secondary N) is 1. The molecule has 1 amide bonds. The minimum absolute atomic E-state index is 0.145. The fourth-order valence-electron chi connectivity index (χ4n) is 3.93. The van der Waals surface area contributed by atoms with E-state index in [1.54, 1.807) is 23.0 Å². The number of sulfonamides is 1. The molecule has 2 aromatic heterocycles. The van der Waals surface area contributed by atoms with E-state index in [0.717, 1.165) is 33.6 Å². The van der Waals surface area contributed by atoms with E-state index in [9.17, 15) is 13.2 Å². The van der Waals surface area contributed by atoms with Crippen molar-refractivity contribution in [1.82, 2.24) is 13.9 Å². The first-order valence-electron chi connectivity index (χ1n) is 10.4. The molecule has 32 heavy (non-hydrogen) atoms. The third kappa shape index (κ3) is 3.72. The van der Waals surface area contributed by atoms with E-state index in [1.807, 2.05) is 48.5 Å². The highest BCUT2D eigenvalue weighted by Gasteiger charge is 2.29. The summed E-state index contributed by atoms with van der Waals surface area (Å²) >= 11 is 1.56. The van der Waals surface area contributed by atoms with Crippen molar-refractivity contribution in [3.63, 3.8) is 0 Å². The van der Waals surface area contributed by atoms with Crippen molar-refractivity contribution in [2.75, 3.05) is 18.4 Å². The van der Waals surface area contributed by atoms with Crippen LogP contribution in [0.4, 0.5) is 5.69 Å². The van der Waals surface area contributed by atoms with E-state index in [2.05, 4.69) is 5.32 Å². The fraction of sp³-hybridized carbons (Fsp3) is 0.217. The maximum atomic E-state index is 13.1. The second-order valence-electron chi connectivity index (χ2n) is 7.77. The van der Waals surface area contributed by atoms with Gasteiger partial charge < -0.3 is 9.88 Å². The van der Waals surface area contributed by atoms with Gasteiger partial charge in [0.05, 0.1) is 15.9 Å². The predicted molar refractivity (Wildman–Crippen MR) is 126 cm³/mol. The Morgan fingerprint density at radius 2 is 1.78 bits per heavy atom. The summed E-state index contributed by atoms with van der Waals surface area (Å²) in [4.78, 5) is 17.9. The van der Waals surface area contributed by atoms with Crippen molar-refractivity contribution in [3.8, 4) is 10.6 Å². The van der Waals surface area contributed by atoms with Crippen LogP contribution in [-0.2, 0) is 17.1 Å². The molecule has 1 aliphatic heterocycles. The van der Waals surface area contributed by atoms with Gasteiger partial charge in [0.2, 0.25) is 10.0 Å². The van der Waals surface area contributed by atoms with E-state index >= 15 is 0 Å². The minimum Gasteiger partial charge on any atom is -0.345 e. The topological polar surface area (TPSA) is 84.3 Å². The maximum Gasteiger partial charge on any atom is 0.272 e. The summed E-state index contributed by atoms with van der Waals surface area (Å²) in [7, 11) is -1.91. The lowest BCUT2D eigenvalue weighted by Gasteiger charge is -2.13. The number of carbonyl (C=O) groups is 1. The van der Waals surface area contributed by atoms with Gasteiger partial charge in [0.15, 0.2) is 0 Å². The molecule has 4 aromatic rings. The molecule has 1 N–H and O–H groups in total. The van der Waals surface area contributed by atoms with Crippen LogP contribution in [0.1, 0.15) is 23.3 Å². The minimum atomic E-state index is -3.59. The number of carbonyl (C=O) groups excluding carboxylic acids is 1. The number of amides is 1. The lowest BCUT2D eigenvalue weighted by Crippen LogP contribution is -2.27. The van der Waals surface area contributed by atoms with Gasteiger partial charge in [-0.3, -0.25) is 4.79 Å². The third-order valence-corrected chi connectivity index (χ3v) is 8.55. The maximum absolute atomic E-state index is 13.1. The van der Waals surface area contributed by atoms with Crippen LogP contribution in [0.5, 0.6) is 0 Å². The van der Waals surface area contributed by atoms with Crippen LogP contribution in [0, 0.1) is 0 Å². The molecular weight excluding hydrogens is 444 g/mol. The zero-order valence-electron chi connectivity index (χ0n) is 17.5. The molecule has 0 atom stereocenters. The Bertz CT molecular complexity index is 1380. The van der Waals surface area contributed by atoms with Gasteiger partial charge in [0.25, 0.3) is 5.91 Å². The van der Waals surface area contributed by atoms with Crippen molar-refractivity contribution in [1.29, 1.82) is 0 Å². The molecule has 0 spiro atoms. The van der Waals surface area contributed by atoms with Crippen LogP contribution in [-0.4, -0.2) is 41.3 Å². The lowest BCUT2D eigenvalue weighted by molar-refractivity contribution is 0.101.